The summed E-state index contributed by atoms with van der Waals surface area (Å²) < 4.78 is 32.6. The minimum atomic E-state index is -3.88. The number of carbonyl (C=O) groups is 3. The van der Waals surface area contributed by atoms with E-state index in [2.05, 4.69) is 5.32 Å². The molecule has 29 heavy (non-hydrogen) atoms. The van der Waals surface area contributed by atoms with Gasteiger partial charge in [0, 0.05) is 19.6 Å². The molecule has 0 radical (unpaired) electrons. The number of benzene rings is 1. The zero-order chi connectivity index (χ0) is 21.2. The minimum Gasteiger partial charge on any atom is -0.451 e. The van der Waals surface area contributed by atoms with Gasteiger partial charge in [-0.05, 0) is 45.2 Å². The molecule has 0 unspecified atom stereocenters. The van der Waals surface area contributed by atoms with Crippen LogP contribution in [0.15, 0.2) is 29.2 Å². The number of sulfonamides is 1. The van der Waals surface area contributed by atoms with E-state index in [0.717, 1.165) is 14.8 Å². The number of piperidine rings is 1. The molecule has 2 fully saturated rings. The third-order valence-electron chi connectivity index (χ3n) is 5.12. The third-order valence-corrected chi connectivity index (χ3v) is 7.04. The summed E-state index contributed by atoms with van der Waals surface area (Å²) in [6, 6.07) is 4.90. The number of hydrogen-bond donors (Lipinski definition) is 1. The highest BCUT2D eigenvalue weighted by Gasteiger charge is 2.40. The van der Waals surface area contributed by atoms with Crippen molar-refractivity contribution in [3.8, 4) is 0 Å². The van der Waals surface area contributed by atoms with Gasteiger partial charge in [0.05, 0.1) is 4.90 Å². The Hall–Kier alpha value is -2.46. The van der Waals surface area contributed by atoms with E-state index in [1.54, 1.807) is 12.1 Å². The molecule has 2 aliphatic heterocycles. The molecule has 0 bridgehead atoms. The first kappa shape index (κ1) is 21.3. The quantitative estimate of drug-likeness (QED) is 0.708. The Bertz CT molecular complexity index is 899. The molecular formula is C19H25N3O6S. The standard InChI is InChI=1S/C19H25N3O6S/c1-13-6-8-15(9-7-13)29(26,27)22-11-4-3-5-16(22)18(24)28-14(2)17(23)21-12-10-20-19(21)25/h6-9,14,16H,3-5,10-12H2,1-2H3,(H,20,25)/t14-,16+/m0/s1. The van der Waals surface area contributed by atoms with E-state index in [-0.39, 0.29) is 18.0 Å². The number of esters is 1. The first-order valence-electron chi connectivity index (χ1n) is 9.60. The molecule has 9 nitrogen and oxygen atoms in total. The van der Waals surface area contributed by atoms with Crippen LogP contribution in [-0.2, 0) is 24.3 Å². The molecule has 2 aliphatic rings. The van der Waals surface area contributed by atoms with Crippen LogP contribution in [0.5, 0.6) is 0 Å². The van der Waals surface area contributed by atoms with E-state index < -0.39 is 40.1 Å². The van der Waals surface area contributed by atoms with Crippen LogP contribution < -0.4 is 5.32 Å². The van der Waals surface area contributed by atoms with Gasteiger partial charge >= 0.3 is 12.0 Å². The predicted molar refractivity (Wildman–Crippen MR) is 103 cm³/mol. The van der Waals surface area contributed by atoms with Gasteiger partial charge in [-0.15, -0.1) is 0 Å². The monoisotopic (exact) mass is 423 g/mol. The molecule has 10 heteroatoms. The second kappa shape index (κ2) is 8.50. The second-order valence-electron chi connectivity index (χ2n) is 7.24. The Kier molecular flexibility index (Phi) is 6.23. The Balaban J connectivity index is 1.75. The first-order valence-corrected chi connectivity index (χ1v) is 11.0. The number of imide groups is 1. The van der Waals surface area contributed by atoms with Crippen molar-refractivity contribution in [3.05, 3.63) is 29.8 Å². The number of amides is 3. The molecule has 2 atom stereocenters. The molecule has 1 N–H and O–H groups in total. The summed E-state index contributed by atoms with van der Waals surface area (Å²) in [5, 5.41) is 2.51. The summed E-state index contributed by atoms with van der Waals surface area (Å²) in [7, 11) is -3.88. The first-order chi connectivity index (χ1) is 13.7. The van der Waals surface area contributed by atoms with Gasteiger partial charge in [0.25, 0.3) is 5.91 Å². The van der Waals surface area contributed by atoms with Gasteiger partial charge in [0.1, 0.15) is 6.04 Å². The topological polar surface area (TPSA) is 113 Å². The van der Waals surface area contributed by atoms with Gasteiger partial charge in [-0.2, -0.15) is 4.31 Å². The number of hydrogen-bond acceptors (Lipinski definition) is 6. The molecule has 0 spiro atoms. The summed E-state index contributed by atoms with van der Waals surface area (Å²) in [5.74, 6) is -1.40. The molecule has 0 aliphatic carbocycles. The number of urea groups is 1. The largest absolute Gasteiger partial charge is 0.451 e. The van der Waals surface area contributed by atoms with E-state index in [1.807, 2.05) is 6.92 Å². The zero-order valence-electron chi connectivity index (χ0n) is 16.5. The van der Waals surface area contributed by atoms with Crippen LogP contribution in [0.25, 0.3) is 0 Å². The Morgan fingerprint density at radius 1 is 1.17 bits per heavy atom. The van der Waals surface area contributed by atoms with Crippen molar-refractivity contribution in [3.63, 3.8) is 0 Å². The van der Waals surface area contributed by atoms with Crippen molar-refractivity contribution in [2.45, 2.75) is 50.2 Å². The highest BCUT2D eigenvalue weighted by molar-refractivity contribution is 7.89. The van der Waals surface area contributed by atoms with Gasteiger partial charge in [0.15, 0.2) is 6.10 Å². The summed E-state index contributed by atoms with van der Waals surface area (Å²) in [6.07, 6.45) is 0.445. The molecule has 3 amide bonds. The normalized spacial score (nSPS) is 21.5. The number of rotatable bonds is 5. The molecule has 158 valence electrons. The smallest absolute Gasteiger partial charge is 0.325 e. The molecule has 0 aromatic heterocycles. The van der Waals surface area contributed by atoms with Crippen molar-refractivity contribution in [1.29, 1.82) is 0 Å². The summed E-state index contributed by atoms with van der Waals surface area (Å²) >= 11 is 0. The van der Waals surface area contributed by atoms with Crippen molar-refractivity contribution in [2.75, 3.05) is 19.6 Å². The maximum atomic E-state index is 13.1. The van der Waals surface area contributed by atoms with E-state index in [0.29, 0.717) is 25.8 Å². The fourth-order valence-electron chi connectivity index (χ4n) is 3.48. The van der Waals surface area contributed by atoms with Crippen molar-refractivity contribution >= 4 is 27.9 Å². The zero-order valence-corrected chi connectivity index (χ0v) is 17.3. The molecule has 1 aromatic rings. The average Bonchev–Trinajstić information content (AvgIpc) is 3.13. The third kappa shape index (κ3) is 4.43. The van der Waals surface area contributed by atoms with Crippen LogP contribution in [0.3, 0.4) is 0 Å². The SMILES string of the molecule is Cc1ccc(S(=O)(=O)N2CCCC[C@@H]2C(=O)O[C@@H](C)C(=O)N2CCNC2=O)cc1. The highest BCUT2D eigenvalue weighted by Crippen LogP contribution is 2.26. The minimum absolute atomic E-state index is 0.112. The Morgan fingerprint density at radius 2 is 1.86 bits per heavy atom. The highest BCUT2D eigenvalue weighted by atomic mass is 32.2. The van der Waals surface area contributed by atoms with E-state index in [9.17, 15) is 22.8 Å². The maximum Gasteiger partial charge on any atom is 0.325 e. The molecule has 3 rings (SSSR count). The van der Waals surface area contributed by atoms with Crippen LogP contribution >= 0.6 is 0 Å². The fourth-order valence-corrected chi connectivity index (χ4v) is 5.13. The van der Waals surface area contributed by atoms with Crippen LogP contribution in [0.2, 0.25) is 0 Å². The Morgan fingerprint density at radius 3 is 2.48 bits per heavy atom. The summed E-state index contributed by atoms with van der Waals surface area (Å²) in [4.78, 5) is 37.8. The summed E-state index contributed by atoms with van der Waals surface area (Å²) in [6.45, 7) is 3.99. The summed E-state index contributed by atoms with van der Waals surface area (Å²) in [5.41, 5.74) is 0.928. The van der Waals surface area contributed by atoms with Crippen LogP contribution in [0.1, 0.15) is 31.7 Å². The second-order valence-corrected chi connectivity index (χ2v) is 9.13. The van der Waals surface area contributed by atoms with E-state index in [1.165, 1.54) is 19.1 Å². The fraction of sp³-hybridized carbons (Fsp3) is 0.526. The number of nitrogens with one attached hydrogen (secondary N) is 1. The average molecular weight is 423 g/mol. The number of ether oxygens (including phenoxy) is 1. The number of carbonyl (C=O) groups excluding carboxylic acids is 3. The van der Waals surface area contributed by atoms with Gasteiger partial charge in [-0.1, -0.05) is 17.7 Å². The van der Waals surface area contributed by atoms with Crippen molar-refractivity contribution in [2.24, 2.45) is 0 Å². The van der Waals surface area contributed by atoms with Crippen molar-refractivity contribution in [1.82, 2.24) is 14.5 Å². The molecular weight excluding hydrogens is 398 g/mol. The predicted octanol–water partition coefficient (Wildman–Crippen LogP) is 1.02. The number of aryl methyl sites for hydroxylation is 1. The van der Waals surface area contributed by atoms with Crippen LogP contribution in [0.4, 0.5) is 4.79 Å². The van der Waals surface area contributed by atoms with Crippen molar-refractivity contribution < 1.29 is 27.5 Å². The lowest BCUT2D eigenvalue weighted by molar-refractivity contribution is -0.161. The maximum absolute atomic E-state index is 13.1. The lowest BCUT2D eigenvalue weighted by Gasteiger charge is -2.33. The lowest BCUT2D eigenvalue weighted by Crippen LogP contribution is -2.50. The van der Waals surface area contributed by atoms with E-state index >= 15 is 0 Å². The van der Waals surface area contributed by atoms with E-state index in [4.69, 9.17) is 4.74 Å². The van der Waals surface area contributed by atoms with Gasteiger partial charge < -0.3 is 10.1 Å². The lowest BCUT2D eigenvalue weighted by atomic mass is 10.1. The molecule has 2 saturated heterocycles. The molecule has 2 heterocycles. The van der Waals surface area contributed by atoms with Gasteiger partial charge in [-0.25, -0.2) is 13.2 Å². The Labute approximate surface area is 170 Å². The molecule has 1 aromatic carbocycles. The van der Waals surface area contributed by atoms with Crippen LogP contribution in [0, 0.1) is 6.92 Å². The molecule has 0 saturated carbocycles. The van der Waals surface area contributed by atoms with Gasteiger partial charge in [0.2, 0.25) is 10.0 Å². The number of nitrogens with zero attached hydrogens (tertiary/aromatic N) is 2. The van der Waals surface area contributed by atoms with Crippen LogP contribution in [-0.4, -0.2) is 67.3 Å². The van der Waals surface area contributed by atoms with Gasteiger partial charge in [-0.3, -0.25) is 14.5 Å².